The Kier molecular flexibility index (Phi) is 15.6. The fraction of sp³-hybridized carbons (Fsp3) is 0.833. The zero-order valence-corrected chi connectivity index (χ0v) is 13.5. The molecule has 0 aliphatic rings. The molecular weight excluding hydrogens is 246 g/mol. The third-order valence-electron chi connectivity index (χ3n) is 3.68. The first kappa shape index (κ1) is 19.2. The van der Waals surface area contributed by atoms with Gasteiger partial charge in [-0.2, -0.15) is 0 Å². The molecular formula is C18H35NO. The topological polar surface area (TPSA) is 43.1 Å². The molecule has 0 unspecified atom stereocenters. The highest BCUT2D eigenvalue weighted by atomic mass is 16.1. The fourth-order valence-electron chi connectivity index (χ4n) is 2.37. The Balaban J connectivity index is 3.07. The Hall–Kier alpha value is -0.790. The van der Waals surface area contributed by atoms with Crippen molar-refractivity contribution in [3.05, 3.63) is 12.2 Å². The van der Waals surface area contributed by atoms with Gasteiger partial charge in [-0.25, -0.2) is 0 Å². The van der Waals surface area contributed by atoms with Crippen molar-refractivity contribution in [1.29, 1.82) is 0 Å². The third-order valence-corrected chi connectivity index (χ3v) is 3.68. The van der Waals surface area contributed by atoms with Crippen molar-refractivity contribution >= 4 is 5.91 Å². The summed E-state index contributed by atoms with van der Waals surface area (Å²) >= 11 is 0. The van der Waals surface area contributed by atoms with Crippen LogP contribution in [0.1, 0.15) is 96.8 Å². The number of carbonyl (C=O) groups excluding carboxylic acids is 1. The monoisotopic (exact) mass is 281 g/mol. The van der Waals surface area contributed by atoms with Crippen molar-refractivity contribution in [3.63, 3.8) is 0 Å². The molecule has 0 fully saturated rings. The highest BCUT2D eigenvalue weighted by molar-refractivity contribution is 5.73. The number of nitrogens with two attached hydrogens (primary N) is 1. The third kappa shape index (κ3) is 17.2. The summed E-state index contributed by atoms with van der Waals surface area (Å²) in [7, 11) is 0. The Morgan fingerprint density at radius 1 is 0.750 bits per heavy atom. The van der Waals surface area contributed by atoms with Crippen LogP contribution in [0.5, 0.6) is 0 Å². The minimum Gasteiger partial charge on any atom is -0.370 e. The lowest BCUT2D eigenvalue weighted by Crippen LogP contribution is -2.09. The molecule has 0 rings (SSSR count). The summed E-state index contributed by atoms with van der Waals surface area (Å²) < 4.78 is 0. The highest BCUT2D eigenvalue weighted by Crippen LogP contribution is 2.09. The molecule has 0 aliphatic carbocycles. The Bertz CT molecular complexity index is 236. The molecule has 0 aliphatic heterocycles. The van der Waals surface area contributed by atoms with Crippen molar-refractivity contribution in [2.75, 3.05) is 0 Å². The van der Waals surface area contributed by atoms with E-state index in [1.807, 2.05) is 0 Å². The first-order chi connectivity index (χ1) is 9.77. The predicted octanol–water partition coefficient (Wildman–Crippen LogP) is 5.51. The van der Waals surface area contributed by atoms with Gasteiger partial charge in [-0.15, -0.1) is 0 Å². The number of amides is 1. The first-order valence-corrected chi connectivity index (χ1v) is 8.70. The lowest BCUT2D eigenvalue weighted by molar-refractivity contribution is -0.118. The van der Waals surface area contributed by atoms with E-state index >= 15 is 0 Å². The number of rotatable bonds is 15. The van der Waals surface area contributed by atoms with Crippen LogP contribution in [0.2, 0.25) is 0 Å². The molecule has 2 N–H and O–H groups in total. The van der Waals surface area contributed by atoms with Crippen molar-refractivity contribution in [1.82, 2.24) is 0 Å². The first-order valence-electron chi connectivity index (χ1n) is 8.70. The van der Waals surface area contributed by atoms with Gasteiger partial charge >= 0.3 is 0 Å². The van der Waals surface area contributed by atoms with Crippen LogP contribution in [-0.2, 0) is 4.79 Å². The minimum absolute atomic E-state index is 0.167. The molecule has 0 bridgehead atoms. The molecule has 0 aromatic carbocycles. The molecule has 2 heteroatoms. The second kappa shape index (κ2) is 16.3. The second-order valence-electron chi connectivity index (χ2n) is 5.80. The van der Waals surface area contributed by atoms with Gasteiger partial charge in [0, 0.05) is 6.42 Å². The second-order valence-corrected chi connectivity index (χ2v) is 5.80. The maximum atomic E-state index is 10.5. The summed E-state index contributed by atoms with van der Waals surface area (Å²) in [6, 6.07) is 0. The Morgan fingerprint density at radius 2 is 1.20 bits per heavy atom. The molecule has 0 heterocycles. The maximum Gasteiger partial charge on any atom is 0.217 e. The van der Waals surface area contributed by atoms with E-state index in [1.165, 1.54) is 70.6 Å². The molecule has 2 nitrogen and oxygen atoms in total. The largest absolute Gasteiger partial charge is 0.370 e. The number of allylic oxidation sites excluding steroid dienone is 2. The standard InChI is InChI=1S/C18H35NO/c1-2-3-4-5-6-7-8-9-10-11-12-13-14-15-16-17-18(19)20/h10-11H,2-9,12-17H2,1H3,(H2,19,20)/b11-10-. The average Bonchev–Trinajstić information content (AvgIpc) is 2.43. The van der Waals surface area contributed by atoms with Crippen LogP contribution < -0.4 is 5.73 Å². The number of hydrogen-bond donors (Lipinski definition) is 1. The van der Waals surface area contributed by atoms with E-state index in [2.05, 4.69) is 19.1 Å². The molecule has 0 saturated heterocycles. The highest BCUT2D eigenvalue weighted by Gasteiger charge is 1.93. The Labute approximate surface area is 126 Å². The van der Waals surface area contributed by atoms with Crippen LogP contribution in [0.25, 0.3) is 0 Å². The lowest BCUT2D eigenvalue weighted by Gasteiger charge is -1.99. The van der Waals surface area contributed by atoms with E-state index in [0.717, 1.165) is 12.8 Å². The summed E-state index contributed by atoms with van der Waals surface area (Å²) in [5.74, 6) is -0.167. The van der Waals surface area contributed by atoms with Gasteiger partial charge in [0.05, 0.1) is 0 Å². The summed E-state index contributed by atoms with van der Waals surface area (Å²) in [5.41, 5.74) is 5.10. The van der Waals surface area contributed by atoms with E-state index in [9.17, 15) is 4.79 Å². The predicted molar refractivity (Wildman–Crippen MR) is 88.6 cm³/mol. The van der Waals surface area contributed by atoms with Gasteiger partial charge in [-0.05, 0) is 32.1 Å². The van der Waals surface area contributed by atoms with Crippen molar-refractivity contribution < 1.29 is 4.79 Å². The molecule has 0 aromatic heterocycles. The summed E-state index contributed by atoms with van der Waals surface area (Å²) in [4.78, 5) is 10.5. The van der Waals surface area contributed by atoms with Crippen molar-refractivity contribution in [2.24, 2.45) is 5.73 Å². The number of carbonyl (C=O) groups is 1. The van der Waals surface area contributed by atoms with Crippen molar-refractivity contribution in [2.45, 2.75) is 96.8 Å². The summed E-state index contributed by atoms with van der Waals surface area (Å²) in [5, 5.41) is 0. The zero-order valence-electron chi connectivity index (χ0n) is 13.5. The van der Waals surface area contributed by atoms with Gasteiger partial charge in [0.1, 0.15) is 0 Å². The quantitative estimate of drug-likeness (QED) is 0.312. The average molecular weight is 281 g/mol. The molecule has 0 aromatic rings. The number of primary amides is 1. The summed E-state index contributed by atoms with van der Waals surface area (Å²) in [6.45, 7) is 2.27. The van der Waals surface area contributed by atoms with Crippen LogP contribution in [-0.4, -0.2) is 5.91 Å². The van der Waals surface area contributed by atoms with Crippen LogP contribution in [0.15, 0.2) is 12.2 Å². The molecule has 0 atom stereocenters. The van der Waals surface area contributed by atoms with Gasteiger partial charge < -0.3 is 5.73 Å². The van der Waals surface area contributed by atoms with E-state index in [-0.39, 0.29) is 5.91 Å². The molecule has 0 saturated carbocycles. The number of unbranched alkanes of at least 4 members (excludes halogenated alkanes) is 11. The van der Waals surface area contributed by atoms with Gasteiger partial charge in [0.2, 0.25) is 5.91 Å². The van der Waals surface area contributed by atoms with Crippen LogP contribution in [0, 0.1) is 0 Å². The van der Waals surface area contributed by atoms with E-state index in [0.29, 0.717) is 6.42 Å². The van der Waals surface area contributed by atoms with E-state index < -0.39 is 0 Å². The molecule has 1 amide bonds. The molecule has 0 spiro atoms. The molecule has 118 valence electrons. The van der Waals surface area contributed by atoms with E-state index in [1.54, 1.807) is 0 Å². The zero-order chi connectivity index (χ0) is 14.9. The number of hydrogen-bond acceptors (Lipinski definition) is 1. The van der Waals surface area contributed by atoms with Gasteiger partial charge in [0.25, 0.3) is 0 Å². The Morgan fingerprint density at radius 3 is 1.70 bits per heavy atom. The maximum absolute atomic E-state index is 10.5. The van der Waals surface area contributed by atoms with Crippen LogP contribution >= 0.6 is 0 Å². The van der Waals surface area contributed by atoms with Crippen LogP contribution in [0.3, 0.4) is 0 Å². The SMILES string of the molecule is CCCCCCCCC/C=C\CCCCCCC(N)=O. The van der Waals surface area contributed by atoms with Gasteiger partial charge in [0.15, 0.2) is 0 Å². The smallest absolute Gasteiger partial charge is 0.217 e. The van der Waals surface area contributed by atoms with Crippen LogP contribution in [0.4, 0.5) is 0 Å². The van der Waals surface area contributed by atoms with Crippen molar-refractivity contribution in [3.8, 4) is 0 Å². The normalized spacial score (nSPS) is 11.2. The van der Waals surface area contributed by atoms with Gasteiger partial charge in [-0.1, -0.05) is 70.4 Å². The molecule has 0 radical (unpaired) electrons. The summed E-state index contributed by atoms with van der Waals surface area (Å²) in [6.07, 6.45) is 21.9. The van der Waals surface area contributed by atoms with E-state index in [4.69, 9.17) is 5.73 Å². The molecule has 20 heavy (non-hydrogen) atoms. The fourth-order valence-corrected chi connectivity index (χ4v) is 2.37. The van der Waals surface area contributed by atoms with Gasteiger partial charge in [-0.3, -0.25) is 4.79 Å². The lowest BCUT2D eigenvalue weighted by atomic mass is 10.1. The minimum atomic E-state index is -0.167.